The van der Waals surface area contributed by atoms with Gasteiger partial charge < -0.3 is 4.74 Å². The normalized spacial score (nSPS) is 9.69. The maximum absolute atomic E-state index is 11.3. The van der Waals surface area contributed by atoms with Gasteiger partial charge in [-0.05, 0) is 18.1 Å². The van der Waals surface area contributed by atoms with Crippen molar-refractivity contribution in [1.82, 2.24) is 0 Å². The standard InChI is InChI=1S/C10H11BrO2/c1-13-10(12)9-5-3-2-4-8(9)6-7-11/h2-5H,6-7H2,1H3. The third kappa shape index (κ3) is 2.56. The molecule has 0 aliphatic carbocycles. The third-order valence-corrected chi connectivity index (χ3v) is 2.18. The van der Waals surface area contributed by atoms with Gasteiger partial charge in [0.05, 0.1) is 12.7 Å². The molecule has 1 rings (SSSR count). The predicted octanol–water partition coefficient (Wildman–Crippen LogP) is 2.41. The lowest BCUT2D eigenvalue weighted by Crippen LogP contribution is -2.05. The van der Waals surface area contributed by atoms with Crippen LogP contribution >= 0.6 is 15.9 Å². The number of ether oxygens (including phenoxy) is 1. The number of methoxy groups -OCH3 is 1. The van der Waals surface area contributed by atoms with Gasteiger partial charge in [0, 0.05) is 5.33 Å². The average Bonchev–Trinajstić information content (AvgIpc) is 2.18. The molecule has 0 fully saturated rings. The number of aryl methyl sites for hydroxylation is 1. The Morgan fingerprint density at radius 2 is 2.15 bits per heavy atom. The highest BCUT2D eigenvalue weighted by Gasteiger charge is 2.09. The minimum Gasteiger partial charge on any atom is -0.465 e. The van der Waals surface area contributed by atoms with E-state index in [1.165, 1.54) is 7.11 Å². The van der Waals surface area contributed by atoms with E-state index in [4.69, 9.17) is 0 Å². The van der Waals surface area contributed by atoms with Gasteiger partial charge >= 0.3 is 5.97 Å². The van der Waals surface area contributed by atoms with E-state index in [1.54, 1.807) is 6.07 Å². The van der Waals surface area contributed by atoms with Gasteiger partial charge in [-0.3, -0.25) is 0 Å². The lowest BCUT2D eigenvalue weighted by Gasteiger charge is -2.05. The van der Waals surface area contributed by atoms with Crippen LogP contribution in [0.2, 0.25) is 0 Å². The van der Waals surface area contributed by atoms with E-state index in [9.17, 15) is 4.79 Å². The Kier molecular flexibility index (Phi) is 3.96. The molecule has 0 heterocycles. The molecule has 0 spiro atoms. The number of hydrogen-bond acceptors (Lipinski definition) is 2. The minimum absolute atomic E-state index is 0.267. The van der Waals surface area contributed by atoms with Crippen LogP contribution in [0, 0.1) is 0 Å². The Morgan fingerprint density at radius 3 is 2.77 bits per heavy atom. The fourth-order valence-corrected chi connectivity index (χ4v) is 1.58. The van der Waals surface area contributed by atoms with Crippen molar-refractivity contribution >= 4 is 21.9 Å². The molecule has 0 saturated heterocycles. The van der Waals surface area contributed by atoms with Crippen molar-refractivity contribution in [3.8, 4) is 0 Å². The Balaban J connectivity index is 2.97. The molecule has 0 bridgehead atoms. The van der Waals surface area contributed by atoms with E-state index in [0.717, 1.165) is 17.3 Å². The second-order valence-electron chi connectivity index (χ2n) is 2.59. The predicted molar refractivity (Wildman–Crippen MR) is 55.3 cm³/mol. The summed E-state index contributed by atoms with van der Waals surface area (Å²) in [5.74, 6) is -0.267. The van der Waals surface area contributed by atoms with Crippen molar-refractivity contribution in [1.29, 1.82) is 0 Å². The van der Waals surface area contributed by atoms with Crippen LogP contribution in [0.5, 0.6) is 0 Å². The van der Waals surface area contributed by atoms with Crippen molar-refractivity contribution in [2.24, 2.45) is 0 Å². The van der Waals surface area contributed by atoms with Gasteiger partial charge in [-0.2, -0.15) is 0 Å². The Bertz CT molecular complexity index is 297. The van der Waals surface area contributed by atoms with Crippen LogP contribution in [0.25, 0.3) is 0 Å². The highest BCUT2D eigenvalue weighted by atomic mass is 79.9. The van der Waals surface area contributed by atoms with E-state index in [0.29, 0.717) is 5.56 Å². The highest BCUT2D eigenvalue weighted by Crippen LogP contribution is 2.11. The van der Waals surface area contributed by atoms with E-state index in [-0.39, 0.29) is 5.97 Å². The van der Waals surface area contributed by atoms with Crippen LogP contribution in [0.15, 0.2) is 24.3 Å². The van der Waals surface area contributed by atoms with Crippen LogP contribution < -0.4 is 0 Å². The van der Waals surface area contributed by atoms with Crippen molar-refractivity contribution in [2.75, 3.05) is 12.4 Å². The molecule has 70 valence electrons. The first kappa shape index (κ1) is 10.3. The summed E-state index contributed by atoms with van der Waals surface area (Å²) < 4.78 is 4.67. The molecule has 0 aliphatic rings. The van der Waals surface area contributed by atoms with Gasteiger partial charge in [0.25, 0.3) is 0 Å². The fourth-order valence-electron chi connectivity index (χ4n) is 1.15. The topological polar surface area (TPSA) is 26.3 Å². The summed E-state index contributed by atoms with van der Waals surface area (Å²) >= 11 is 3.34. The van der Waals surface area contributed by atoms with Gasteiger partial charge in [-0.1, -0.05) is 34.1 Å². The van der Waals surface area contributed by atoms with Gasteiger partial charge in [-0.15, -0.1) is 0 Å². The number of esters is 1. The molecule has 1 aromatic carbocycles. The third-order valence-electron chi connectivity index (χ3n) is 1.79. The molecule has 13 heavy (non-hydrogen) atoms. The van der Waals surface area contributed by atoms with Gasteiger partial charge in [0.15, 0.2) is 0 Å². The van der Waals surface area contributed by atoms with Gasteiger partial charge in [-0.25, -0.2) is 4.79 Å². The number of hydrogen-bond donors (Lipinski definition) is 0. The lowest BCUT2D eigenvalue weighted by molar-refractivity contribution is 0.0599. The zero-order valence-electron chi connectivity index (χ0n) is 7.42. The van der Waals surface area contributed by atoms with Crippen LogP contribution in [-0.4, -0.2) is 18.4 Å². The first-order valence-corrected chi connectivity index (χ1v) is 5.14. The molecule has 2 nitrogen and oxygen atoms in total. The molecule has 3 heteroatoms. The van der Waals surface area contributed by atoms with Gasteiger partial charge in [0.1, 0.15) is 0 Å². The quantitative estimate of drug-likeness (QED) is 0.602. The Morgan fingerprint density at radius 1 is 1.46 bits per heavy atom. The number of halogens is 1. The van der Waals surface area contributed by atoms with Crippen LogP contribution in [0.3, 0.4) is 0 Å². The van der Waals surface area contributed by atoms with Crippen LogP contribution in [-0.2, 0) is 11.2 Å². The first-order chi connectivity index (χ1) is 6.29. The van der Waals surface area contributed by atoms with Crippen molar-refractivity contribution < 1.29 is 9.53 Å². The first-order valence-electron chi connectivity index (χ1n) is 4.01. The summed E-state index contributed by atoms with van der Waals surface area (Å²) in [6.45, 7) is 0. The van der Waals surface area contributed by atoms with E-state index in [1.807, 2.05) is 18.2 Å². The van der Waals surface area contributed by atoms with Crippen molar-refractivity contribution in [3.63, 3.8) is 0 Å². The second kappa shape index (κ2) is 5.02. The molecule has 1 aromatic rings. The summed E-state index contributed by atoms with van der Waals surface area (Å²) in [7, 11) is 1.40. The summed E-state index contributed by atoms with van der Waals surface area (Å²) in [5, 5.41) is 0.848. The largest absolute Gasteiger partial charge is 0.465 e. The van der Waals surface area contributed by atoms with Gasteiger partial charge in [0.2, 0.25) is 0 Å². The lowest BCUT2D eigenvalue weighted by atomic mass is 10.1. The molecule has 0 aromatic heterocycles. The molecule has 0 N–H and O–H groups in total. The summed E-state index contributed by atoms with van der Waals surface area (Å²) in [6, 6.07) is 7.48. The number of carbonyl (C=O) groups is 1. The number of rotatable bonds is 3. The molecule has 0 saturated carbocycles. The van der Waals surface area contributed by atoms with E-state index in [2.05, 4.69) is 20.7 Å². The average molecular weight is 243 g/mol. The van der Waals surface area contributed by atoms with Crippen molar-refractivity contribution in [2.45, 2.75) is 6.42 Å². The Hall–Kier alpha value is -0.830. The molecular weight excluding hydrogens is 232 g/mol. The van der Waals surface area contributed by atoms with E-state index >= 15 is 0 Å². The maximum atomic E-state index is 11.3. The highest BCUT2D eigenvalue weighted by molar-refractivity contribution is 9.09. The summed E-state index contributed by atoms with van der Waals surface area (Å²) in [5.41, 5.74) is 1.68. The molecule has 0 unspecified atom stereocenters. The SMILES string of the molecule is COC(=O)c1ccccc1CCBr. The molecule has 0 radical (unpaired) electrons. The monoisotopic (exact) mass is 242 g/mol. The smallest absolute Gasteiger partial charge is 0.338 e. The zero-order chi connectivity index (χ0) is 9.68. The maximum Gasteiger partial charge on any atom is 0.338 e. The van der Waals surface area contributed by atoms with Crippen molar-refractivity contribution in [3.05, 3.63) is 35.4 Å². The Labute approximate surface area is 86.0 Å². The summed E-state index contributed by atoms with van der Waals surface area (Å²) in [6.07, 6.45) is 0.839. The molecule has 0 atom stereocenters. The van der Waals surface area contributed by atoms with Crippen LogP contribution in [0.4, 0.5) is 0 Å². The zero-order valence-corrected chi connectivity index (χ0v) is 9.00. The number of carbonyl (C=O) groups excluding carboxylic acids is 1. The number of alkyl halides is 1. The molecule has 0 aliphatic heterocycles. The number of benzene rings is 1. The van der Waals surface area contributed by atoms with E-state index < -0.39 is 0 Å². The fraction of sp³-hybridized carbons (Fsp3) is 0.300. The minimum atomic E-state index is -0.267. The molecule has 0 amide bonds. The second-order valence-corrected chi connectivity index (χ2v) is 3.38. The summed E-state index contributed by atoms with van der Waals surface area (Å²) in [4.78, 5) is 11.3. The molecular formula is C10H11BrO2. The van der Waals surface area contributed by atoms with Crippen LogP contribution in [0.1, 0.15) is 15.9 Å².